The molecule has 6 rings (SSSR count). The van der Waals surface area contributed by atoms with Crippen molar-refractivity contribution in [3.8, 4) is 23.6 Å². The minimum absolute atomic E-state index is 0.0951. The summed E-state index contributed by atoms with van der Waals surface area (Å²) in [4.78, 5) is 44.5. The molecule has 2 aliphatic rings. The largest absolute Gasteiger partial charge is 0.368 e. The van der Waals surface area contributed by atoms with Crippen molar-refractivity contribution in [3.63, 3.8) is 0 Å². The number of carbonyl (C=O) groups is 1. The molecule has 1 amide bonds. The quantitative estimate of drug-likeness (QED) is 0.259. The number of nitriles is 1. The van der Waals surface area contributed by atoms with Gasteiger partial charge in [-0.2, -0.15) is 10.2 Å². The van der Waals surface area contributed by atoms with Crippen LogP contribution in [0, 0.1) is 30.1 Å². The maximum absolute atomic E-state index is 14.4. The normalized spacial score (nSPS) is 16.1. The molecule has 0 radical (unpaired) electrons. The van der Waals surface area contributed by atoms with Gasteiger partial charge in [0.1, 0.15) is 17.5 Å². The Morgan fingerprint density at radius 3 is 2.59 bits per heavy atom. The molecule has 2 fully saturated rings. The van der Waals surface area contributed by atoms with E-state index in [1.165, 1.54) is 0 Å². The number of aryl methyl sites for hydroxylation is 1. The number of amides is 1. The molecule has 2 aliphatic heterocycles. The van der Waals surface area contributed by atoms with Crippen LogP contribution in [0.15, 0.2) is 53.3 Å². The molecule has 0 spiro atoms. The third-order valence-corrected chi connectivity index (χ3v) is 8.33. The van der Waals surface area contributed by atoms with Crippen molar-refractivity contribution in [2.75, 3.05) is 30.3 Å². The zero-order valence-corrected chi connectivity index (χ0v) is 24.8. The van der Waals surface area contributed by atoms with Crippen molar-refractivity contribution in [2.45, 2.75) is 57.9 Å². The summed E-state index contributed by atoms with van der Waals surface area (Å²) in [6, 6.07) is 16.9. The first-order valence-electron chi connectivity index (χ1n) is 15.1. The van der Waals surface area contributed by atoms with Crippen molar-refractivity contribution in [1.29, 1.82) is 5.26 Å². The molecule has 0 aliphatic carbocycles. The number of unbranched alkanes of at least 4 members (excludes halogenated alkanes) is 1. The Kier molecular flexibility index (Phi) is 8.25. The van der Waals surface area contributed by atoms with Gasteiger partial charge in [0.15, 0.2) is 5.82 Å². The number of rotatable bonds is 6. The highest BCUT2D eigenvalue weighted by Crippen LogP contribution is 2.37. The average Bonchev–Trinajstić information content (AvgIpc) is 3.74. The third-order valence-electron chi connectivity index (χ3n) is 8.33. The van der Waals surface area contributed by atoms with Crippen molar-refractivity contribution in [3.05, 3.63) is 81.5 Å². The summed E-state index contributed by atoms with van der Waals surface area (Å²) in [6.45, 7) is 4.08. The molecular formula is C34H34N8O2. The summed E-state index contributed by atoms with van der Waals surface area (Å²) in [5, 5.41) is 10.4. The number of nitrogens with two attached hydrogens (primary N) is 1. The second kappa shape index (κ2) is 12.6. The van der Waals surface area contributed by atoms with Gasteiger partial charge in [0, 0.05) is 38.0 Å². The monoisotopic (exact) mass is 586 g/mol. The van der Waals surface area contributed by atoms with Crippen LogP contribution in [0.5, 0.6) is 0 Å². The second-order valence-corrected chi connectivity index (χ2v) is 11.2. The number of para-hydroxylation sites is 1. The lowest BCUT2D eigenvalue weighted by Gasteiger charge is -2.28. The Labute approximate surface area is 256 Å². The summed E-state index contributed by atoms with van der Waals surface area (Å²) in [6.07, 6.45) is 5.43. The molecule has 222 valence electrons. The van der Waals surface area contributed by atoms with E-state index in [4.69, 9.17) is 10.7 Å². The molecule has 0 saturated carbocycles. The lowest BCUT2D eigenvalue weighted by molar-refractivity contribution is -0.130. The Morgan fingerprint density at radius 1 is 1.02 bits per heavy atom. The summed E-state index contributed by atoms with van der Waals surface area (Å²) >= 11 is 0. The van der Waals surface area contributed by atoms with Crippen molar-refractivity contribution < 1.29 is 4.79 Å². The fourth-order valence-electron chi connectivity index (χ4n) is 6.22. The topological polar surface area (TPSA) is 134 Å². The van der Waals surface area contributed by atoms with Gasteiger partial charge in [-0.15, -0.1) is 0 Å². The van der Waals surface area contributed by atoms with Crippen molar-refractivity contribution in [2.24, 2.45) is 0 Å². The van der Waals surface area contributed by atoms with E-state index in [0.717, 1.165) is 32.4 Å². The lowest BCUT2D eigenvalue weighted by Crippen LogP contribution is -2.32. The highest BCUT2D eigenvalue weighted by molar-refractivity contribution is 5.85. The van der Waals surface area contributed by atoms with Crippen LogP contribution in [0.25, 0.3) is 16.6 Å². The number of nitrogens with zero attached hydrogens (tertiary/aromatic N) is 7. The molecule has 10 heteroatoms. The maximum Gasteiger partial charge on any atom is 0.267 e. The number of hydrogen-bond acceptors (Lipinski definition) is 8. The Hall–Kier alpha value is -5.22. The number of benzene rings is 2. The molecule has 1 atom stereocenters. The van der Waals surface area contributed by atoms with Crippen LogP contribution < -0.4 is 16.2 Å². The van der Waals surface area contributed by atoms with Crippen LogP contribution in [0.4, 0.5) is 11.8 Å². The van der Waals surface area contributed by atoms with Gasteiger partial charge in [-0.25, -0.2) is 9.97 Å². The van der Waals surface area contributed by atoms with Crippen LogP contribution in [0.2, 0.25) is 0 Å². The molecule has 2 aromatic heterocycles. The highest BCUT2D eigenvalue weighted by Gasteiger charge is 2.34. The maximum atomic E-state index is 14.4. The van der Waals surface area contributed by atoms with E-state index < -0.39 is 0 Å². The van der Waals surface area contributed by atoms with E-state index in [9.17, 15) is 14.9 Å². The summed E-state index contributed by atoms with van der Waals surface area (Å²) in [5.74, 6) is 7.69. The lowest BCUT2D eigenvalue weighted by atomic mass is 10.1. The molecule has 4 aromatic rings. The van der Waals surface area contributed by atoms with E-state index in [-0.39, 0.29) is 23.5 Å². The van der Waals surface area contributed by atoms with E-state index in [1.54, 1.807) is 11.5 Å². The van der Waals surface area contributed by atoms with Gasteiger partial charge in [-0.1, -0.05) is 36.1 Å². The first-order chi connectivity index (χ1) is 21.5. The van der Waals surface area contributed by atoms with Crippen molar-refractivity contribution >= 4 is 28.6 Å². The van der Waals surface area contributed by atoms with Gasteiger partial charge in [0.25, 0.3) is 5.56 Å². The SMILES string of the molecule is Cc1nc(N)nc(N2CCC[C@H]2c2nc3cccc(C#CCCCC(=O)N4CCCC4)c3c(=O)n2-c2ccccc2)c1C#N. The number of anilines is 2. The molecule has 0 bridgehead atoms. The second-order valence-electron chi connectivity index (χ2n) is 11.2. The van der Waals surface area contributed by atoms with E-state index in [0.29, 0.717) is 77.3 Å². The predicted molar refractivity (Wildman–Crippen MR) is 169 cm³/mol. The van der Waals surface area contributed by atoms with Gasteiger partial charge in [-0.3, -0.25) is 14.2 Å². The Bertz CT molecular complexity index is 1880. The van der Waals surface area contributed by atoms with Gasteiger partial charge in [0.05, 0.1) is 28.3 Å². The molecule has 2 aromatic carbocycles. The minimum Gasteiger partial charge on any atom is -0.368 e. The fourth-order valence-corrected chi connectivity index (χ4v) is 6.22. The van der Waals surface area contributed by atoms with Crippen LogP contribution >= 0.6 is 0 Å². The first-order valence-corrected chi connectivity index (χ1v) is 15.1. The van der Waals surface area contributed by atoms with E-state index in [2.05, 4.69) is 27.9 Å². The number of hydrogen-bond donors (Lipinski definition) is 1. The number of nitrogen functional groups attached to an aromatic ring is 1. The molecular weight excluding hydrogens is 552 g/mol. The van der Waals surface area contributed by atoms with Crippen LogP contribution in [0.3, 0.4) is 0 Å². The smallest absolute Gasteiger partial charge is 0.267 e. The molecule has 10 nitrogen and oxygen atoms in total. The summed E-state index contributed by atoms with van der Waals surface area (Å²) in [5.41, 5.74) is 8.52. The number of fused-ring (bicyclic) bond motifs is 1. The van der Waals surface area contributed by atoms with Crippen LogP contribution in [0.1, 0.15) is 73.6 Å². The average molecular weight is 587 g/mol. The molecule has 2 saturated heterocycles. The molecule has 44 heavy (non-hydrogen) atoms. The molecule has 0 unspecified atom stereocenters. The van der Waals surface area contributed by atoms with Crippen LogP contribution in [-0.2, 0) is 4.79 Å². The highest BCUT2D eigenvalue weighted by atomic mass is 16.2. The number of likely N-dealkylation sites (tertiary alicyclic amines) is 1. The number of aromatic nitrogens is 4. The van der Waals surface area contributed by atoms with Crippen LogP contribution in [-0.4, -0.2) is 50.0 Å². The van der Waals surface area contributed by atoms with Gasteiger partial charge >= 0.3 is 0 Å². The Morgan fingerprint density at radius 2 is 1.82 bits per heavy atom. The molecule has 2 N–H and O–H groups in total. The van der Waals surface area contributed by atoms with E-state index >= 15 is 0 Å². The standard InChI is InChI=1S/C34H34N8O2/c1-23-26(22-35)31(39-34(36)37-23)41-21-11-17-28(41)32-38-27-16-10-13-24(12-4-2-7-18-29(43)40-19-8-9-20-40)30(27)33(44)42(32)25-14-5-3-6-15-25/h3,5-6,10,13-16,28H,2,7-9,11,17-21H2,1H3,(H2,36,37,39)/t28-/m0/s1. The predicted octanol–water partition coefficient (Wildman–Crippen LogP) is 4.42. The zero-order valence-electron chi connectivity index (χ0n) is 24.8. The fraction of sp³-hybridized carbons (Fsp3) is 0.353. The van der Waals surface area contributed by atoms with Gasteiger partial charge in [0.2, 0.25) is 11.9 Å². The van der Waals surface area contributed by atoms with E-state index in [1.807, 2.05) is 58.3 Å². The van der Waals surface area contributed by atoms with Gasteiger partial charge < -0.3 is 15.5 Å². The van der Waals surface area contributed by atoms with Gasteiger partial charge in [-0.05, 0) is 63.3 Å². The number of carbonyl (C=O) groups excluding carboxylic acids is 1. The third kappa shape index (κ3) is 5.59. The van der Waals surface area contributed by atoms with Crippen molar-refractivity contribution in [1.82, 2.24) is 24.4 Å². The minimum atomic E-state index is -0.323. The first kappa shape index (κ1) is 28.9. The Balaban J connectivity index is 1.40. The summed E-state index contributed by atoms with van der Waals surface area (Å²) < 4.78 is 1.66. The summed E-state index contributed by atoms with van der Waals surface area (Å²) in [7, 11) is 0. The zero-order chi connectivity index (χ0) is 30.6. The molecule has 4 heterocycles.